The van der Waals surface area contributed by atoms with Crippen LogP contribution in [-0.4, -0.2) is 5.11 Å². The first-order chi connectivity index (χ1) is 11.1. The molecule has 116 valence electrons. The van der Waals surface area contributed by atoms with Crippen LogP contribution in [0.4, 0.5) is 11.4 Å². The van der Waals surface area contributed by atoms with Gasteiger partial charge in [0.05, 0.1) is 0 Å². The molecule has 0 aliphatic carbocycles. The van der Waals surface area contributed by atoms with Crippen LogP contribution in [0.3, 0.4) is 0 Å². The Morgan fingerprint density at radius 3 is 1.57 bits per heavy atom. The van der Waals surface area contributed by atoms with Crippen LogP contribution in [-0.2, 0) is 0 Å². The van der Waals surface area contributed by atoms with E-state index in [-0.39, 0.29) is 0 Å². The summed E-state index contributed by atoms with van der Waals surface area (Å²) in [6.45, 7) is 0. The van der Waals surface area contributed by atoms with Gasteiger partial charge in [0.25, 0.3) is 0 Å². The molecule has 3 aromatic rings. The molecular formula is C20H20N2O. The Morgan fingerprint density at radius 1 is 0.609 bits per heavy atom. The van der Waals surface area contributed by atoms with Gasteiger partial charge in [-0.3, -0.25) is 0 Å². The molecule has 0 saturated heterocycles. The van der Waals surface area contributed by atoms with Crippen molar-refractivity contribution in [3.05, 3.63) is 90.0 Å². The minimum Gasteiger partial charge on any atom is -0.508 e. The van der Waals surface area contributed by atoms with Gasteiger partial charge < -0.3 is 16.6 Å². The lowest BCUT2D eigenvalue weighted by atomic mass is 10.1. The first-order valence-corrected chi connectivity index (χ1v) is 7.27. The maximum absolute atomic E-state index is 8.63. The predicted molar refractivity (Wildman–Crippen MR) is 98.7 cm³/mol. The number of hydrogen-bond donors (Lipinski definition) is 3. The van der Waals surface area contributed by atoms with Gasteiger partial charge in [-0.15, -0.1) is 0 Å². The van der Waals surface area contributed by atoms with Crippen LogP contribution in [0.1, 0.15) is 11.1 Å². The molecule has 3 heteroatoms. The summed E-state index contributed by atoms with van der Waals surface area (Å²) in [5.41, 5.74) is 15.0. The summed E-state index contributed by atoms with van der Waals surface area (Å²) in [6.07, 6.45) is 4.04. The lowest BCUT2D eigenvalue weighted by Gasteiger charge is -1.99. The average molecular weight is 304 g/mol. The standard InChI is InChI=1S/C14H14N2.C6H6O/c15-13-8-12(9-14(16)10-13)7-6-11-4-2-1-3-5-11;7-6-4-2-1-3-5-6/h1-10H,15-16H2;1-5,7H. The van der Waals surface area contributed by atoms with Gasteiger partial charge >= 0.3 is 0 Å². The van der Waals surface area contributed by atoms with Crippen LogP contribution in [0.5, 0.6) is 5.75 Å². The molecular weight excluding hydrogens is 284 g/mol. The second-order valence-corrected chi connectivity index (χ2v) is 5.01. The molecule has 3 aromatic carbocycles. The molecule has 0 unspecified atom stereocenters. The second kappa shape index (κ2) is 8.29. The van der Waals surface area contributed by atoms with Gasteiger partial charge in [0, 0.05) is 11.4 Å². The van der Waals surface area contributed by atoms with E-state index < -0.39 is 0 Å². The fourth-order valence-corrected chi connectivity index (χ4v) is 1.98. The van der Waals surface area contributed by atoms with Crippen molar-refractivity contribution in [3.8, 4) is 5.75 Å². The molecule has 0 spiro atoms. The quantitative estimate of drug-likeness (QED) is 0.485. The lowest BCUT2D eigenvalue weighted by molar-refractivity contribution is 0.475. The van der Waals surface area contributed by atoms with E-state index >= 15 is 0 Å². The van der Waals surface area contributed by atoms with E-state index in [0.717, 1.165) is 11.1 Å². The topological polar surface area (TPSA) is 72.3 Å². The zero-order valence-corrected chi connectivity index (χ0v) is 12.8. The van der Waals surface area contributed by atoms with Crippen LogP contribution in [0, 0.1) is 0 Å². The van der Waals surface area contributed by atoms with Gasteiger partial charge in [0.1, 0.15) is 5.75 Å². The molecule has 3 nitrogen and oxygen atoms in total. The van der Waals surface area contributed by atoms with E-state index in [2.05, 4.69) is 0 Å². The molecule has 0 saturated carbocycles. The third kappa shape index (κ3) is 5.98. The smallest absolute Gasteiger partial charge is 0.115 e. The maximum Gasteiger partial charge on any atom is 0.115 e. The number of anilines is 2. The maximum atomic E-state index is 8.63. The number of para-hydroxylation sites is 1. The Bertz CT molecular complexity index is 733. The van der Waals surface area contributed by atoms with E-state index in [1.807, 2.05) is 60.7 Å². The number of rotatable bonds is 2. The Morgan fingerprint density at radius 2 is 1.09 bits per heavy atom. The van der Waals surface area contributed by atoms with Gasteiger partial charge in [-0.05, 0) is 41.5 Å². The molecule has 23 heavy (non-hydrogen) atoms. The van der Waals surface area contributed by atoms with Crippen LogP contribution in [0.25, 0.3) is 12.2 Å². The number of aromatic hydroxyl groups is 1. The molecule has 0 amide bonds. The van der Waals surface area contributed by atoms with Crippen molar-refractivity contribution >= 4 is 23.5 Å². The van der Waals surface area contributed by atoms with E-state index in [4.69, 9.17) is 16.6 Å². The zero-order chi connectivity index (χ0) is 16.5. The van der Waals surface area contributed by atoms with Crippen LogP contribution >= 0.6 is 0 Å². The molecule has 0 atom stereocenters. The zero-order valence-electron chi connectivity index (χ0n) is 12.8. The van der Waals surface area contributed by atoms with Crippen LogP contribution in [0.2, 0.25) is 0 Å². The summed E-state index contributed by atoms with van der Waals surface area (Å²) in [4.78, 5) is 0. The molecule has 0 bridgehead atoms. The molecule has 0 fully saturated rings. The third-order valence-corrected chi connectivity index (χ3v) is 3.02. The van der Waals surface area contributed by atoms with Gasteiger partial charge in [-0.2, -0.15) is 0 Å². The minimum atomic E-state index is 0.322. The minimum absolute atomic E-state index is 0.322. The predicted octanol–water partition coefficient (Wildman–Crippen LogP) is 4.41. The van der Waals surface area contributed by atoms with Gasteiger partial charge in [0.15, 0.2) is 0 Å². The largest absolute Gasteiger partial charge is 0.508 e. The highest BCUT2D eigenvalue weighted by Crippen LogP contribution is 2.16. The van der Waals surface area contributed by atoms with Crippen LogP contribution in [0.15, 0.2) is 78.9 Å². The Labute approximate surface area is 136 Å². The van der Waals surface area contributed by atoms with Crippen molar-refractivity contribution in [2.45, 2.75) is 0 Å². The molecule has 3 rings (SSSR count). The summed E-state index contributed by atoms with van der Waals surface area (Å²) in [7, 11) is 0. The number of phenols is 1. The van der Waals surface area contributed by atoms with Crippen LogP contribution < -0.4 is 11.5 Å². The Kier molecular flexibility index (Phi) is 5.83. The first kappa shape index (κ1) is 16.2. The third-order valence-electron chi connectivity index (χ3n) is 3.02. The van der Waals surface area contributed by atoms with E-state index in [1.54, 1.807) is 30.3 Å². The highest BCUT2D eigenvalue weighted by Gasteiger charge is 1.92. The van der Waals surface area contributed by atoms with E-state index in [9.17, 15) is 0 Å². The van der Waals surface area contributed by atoms with Crippen molar-refractivity contribution in [1.82, 2.24) is 0 Å². The molecule has 0 aliphatic heterocycles. The molecule has 0 aliphatic rings. The fourth-order valence-electron chi connectivity index (χ4n) is 1.98. The van der Waals surface area contributed by atoms with Crippen molar-refractivity contribution in [2.75, 3.05) is 11.5 Å². The van der Waals surface area contributed by atoms with Crippen molar-refractivity contribution < 1.29 is 5.11 Å². The first-order valence-electron chi connectivity index (χ1n) is 7.27. The summed E-state index contributed by atoms with van der Waals surface area (Å²) >= 11 is 0. The summed E-state index contributed by atoms with van der Waals surface area (Å²) in [5.74, 6) is 0.322. The molecule has 5 N–H and O–H groups in total. The van der Waals surface area contributed by atoms with Gasteiger partial charge in [-0.25, -0.2) is 0 Å². The monoisotopic (exact) mass is 304 g/mol. The number of phenolic OH excluding ortho intramolecular Hbond substituents is 1. The fraction of sp³-hybridized carbons (Fsp3) is 0. The van der Waals surface area contributed by atoms with Gasteiger partial charge in [0.2, 0.25) is 0 Å². The number of nitrogen functional groups attached to an aromatic ring is 2. The van der Waals surface area contributed by atoms with E-state index in [1.165, 1.54) is 0 Å². The lowest BCUT2D eigenvalue weighted by Crippen LogP contribution is -1.90. The highest BCUT2D eigenvalue weighted by atomic mass is 16.3. The highest BCUT2D eigenvalue weighted by molar-refractivity contribution is 5.73. The Hall–Kier alpha value is -3.20. The second-order valence-electron chi connectivity index (χ2n) is 5.01. The molecule has 0 radical (unpaired) electrons. The Balaban J connectivity index is 0.000000229. The van der Waals surface area contributed by atoms with Crippen molar-refractivity contribution in [1.29, 1.82) is 0 Å². The number of hydrogen-bond acceptors (Lipinski definition) is 3. The normalized spacial score (nSPS) is 10.1. The molecule has 0 aromatic heterocycles. The SMILES string of the molecule is Nc1cc(N)cc(C=Cc2ccccc2)c1.Oc1ccccc1. The number of benzene rings is 3. The van der Waals surface area contributed by atoms with Gasteiger partial charge in [-0.1, -0.05) is 60.7 Å². The van der Waals surface area contributed by atoms with E-state index in [0.29, 0.717) is 17.1 Å². The summed E-state index contributed by atoms with van der Waals surface area (Å²) < 4.78 is 0. The van der Waals surface area contributed by atoms with Crippen molar-refractivity contribution in [2.24, 2.45) is 0 Å². The summed E-state index contributed by atoms with van der Waals surface area (Å²) in [5, 5.41) is 8.63. The summed E-state index contributed by atoms with van der Waals surface area (Å²) in [6, 6.07) is 24.4. The number of nitrogens with two attached hydrogens (primary N) is 2. The van der Waals surface area contributed by atoms with Crippen molar-refractivity contribution in [3.63, 3.8) is 0 Å². The average Bonchev–Trinajstić information content (AvgIpc) is 2.54. The molecule has 0 heterocycles.